The fourth-order valence-corrected chi connectivity index (χ4v) is 5.16. The molecule has 0 saturated heterocycles. The second-order valence-electron chi connectivity index (χ2n) is 10.3. The number of methoxy groups -OCH3 is 1. The van der Waals surface area contributed by atoms with Crippen molar-refractivity contribution in [1.82, 2.24) is 15.5 Å². The smallest absolute Gasteiger partial charge is 0.336 e. The number of nitrogens with one attached hydrogen (secondary N) is 2. The third kappa shape index (κ3) is 7.48. The van der Waals surface area contributed by atoms with Crippen molar-refractivity contribution in [1.29, 1.82) is 0 Å². The topological polar surface area (TPSA) is 146 Å². The number of dihydropyridines is 1. The van der Waals surface area contributed by atoms with Crippen LogP contribution in [0.2, 0.25) is 0 Å². The van der Waals surface area contributed by atoms with E-state index in [4.69, 9.17) is 14.2 Å². The molecule has 11 nitrogen and oxygen atoms in total. The van der Waals surface area contributed by atoms with Gasteiger partial charge in [-0.05, 0) is 57.6 Å². The average molecular weight is 589 g/mol. The van der Waals surface area contributed by atoms with Crippen LogP contribution in [0.4, 0.5) is 5.69 Å². The third-order valence-corrected chi connectivity index (χ3v) is 7.31. The van der Waals surface area contributed by atoms with Gasteiger partial charge in [0.1, 0.15) is 0 Å². The van der Waals surface area contributed by atoms with Gasteiger partial charge in [-0.1, -0.05) is 36.4 Å². The molecule has 11 heteroatoms. The van der Waals surface area contributed by atoms with Gasteiger partial charge < -0.3 is 19.5 Å². The van der Waals surface area contributed by atoms with Crippen LogP contribution in [0.5, 0.6) is 5.88 Å². The first-order valence-electron chi connectivity index (χ1n) is 14.1. The minimum Gasteiger partial charge on any atom is -0.477 e. The Balaban J connectivity index is 1.29. The minimum atomic E-state index is -0.883. The van der Waals surface area contributed by atoms with Crippen molar-refractivity contribution < 1.29 is 28.7 Å². The van der Waals surface area contributed by atoms with Crippen molar-refractivity contribution >= 4 is 17.6 Å². The summed E-state index contributed by atoms with van der Waals surface area (Å²) in [6.45, 7) is 6.16. The fourth-order valence-electron chi connectivity index (χ4n) is 5.16. The third-order valence-electron chi connectivity index (χ3n) is 7.31. The van der Waals surface area contributed by atoms with Gasteiger partial charge in [0.15, 0.2) is 0 Å². The van der Waals surface area contributed by atoms with Crippen molar-refractivity contribution in [3.05, 3.63) is 98.4 Å². The first-order valence-corrected chi connectivity index (χ1v) is 14.1. The maximum absolute atomic E-state index is 13.3. The number of esters is 2. The van der Waals surface area contributed by atoms with Crippen LogP contribution in [0.15, 0.2) is 77.1 Å². The number of hydrogen-bond acceptors (Lipinski definition) is 9. The van der Waals surface area contributed by atoms with Gasteiger partial charge >= 0.3 is 11.9 Å². The lowest BCUT2D eigenvalue weighted by atomic mass is 9.80. The van der Waals surface area contributed by atoms with Crippen molar-refractivity contribution in [2.75, 3.05) is 20.3 Å². The summed E-state index contributed by atoms with van der Waals surface area (Å²) < 4.78 is 16.4. The summed E-state index contributed by atoms with van der Waals surface area (Å²) >= 11 is 0. The summed E-state index contributed by atoms with van der Waals surface area (Å²) in [6.07, 6.45) is 3.16. The molecule has 2 heterocycles. The zero-order chi connectivity index (χ0) is 30.9. The number of allylic oxidation sites excluding steroid dienone is 2. The van der Waals surface area contributed by atoms with Gasteiger partial charge in [0.2, 0.25) is 5.88 Å². The second kappa shape index (κ2) is 14.3. The largest absolute Gasteiger partial charge is 0.477 e. The molecule has 2 aromatic carbocycles. The highest BCUT2D eigenvalue weighted by Crippen LogP contribution is 2.40. The molecule has 1 atom stereocenters. The lowest BCUT2D eigenvalue weighted by Gasteiger charge is -2.30. The number of nitro groups is 1. The van der Waals surface area contributed by atoms with E-state index in [-0.39, 0.29) is 23.4 Å². The second-order valence-corrected chi connectivity index (χ2v) is 10.3. The Bertz CT molecular complexity index is 1560. The van der Waals surface area contributed by atoms with Crippen molar-refractivity contribution in [3.63, 3.8) is 0 Å². The zero-order valence-corrected chi connectivity index (χ0v) is 24.8. The van der Waals surface area contributed by atoms with E-state index in [1.165, 1.54) is 25.3 Å². The Hall–Kier alpha value is -4.93. The lowest BCUT2D eigenvalue weighted by molar-refractivity contribution is -0.384. The molecule has 0 aliphatic carbocycles. The van der Waals surface area contributed by atoms with Crippen molar-refractivity contribution in [2.45, 2.75) is 52.4 Å². The van der Waals surface area contributed by atoms with E-state index in [2.05, 4.69) is 15.5 Å². The summed E-state index contributed by atoms with van der Waals surface area (Å²) in [5.41, 5.74) is 4.83. The number of carbonyl (C=O) groups excluding carboxylic acids is 2. The fraction of sp³-hybridized carbons (Fsp3) is 0.344. The number of unbranched alkanes of at least 4 members (excludes halogenated alkanes) is 3. The molecule has 0 bridgehead atoms. The number of non-ortho nitro benzene ring substituents is 1. The Labute approximate surface area is 250 Å². The van der Waals surface area contributed by atoms with Crippen LogP contribution in [-0.4, -0.2) is 47.4 Å². The van der Waals surface area contributed by atoms with Gasteiger partial charge in [-0.15, -0.1) is 5.10 Å². The number of hydrogen-bond donors (Lipinski definition) is 2. The number of ether oxygens (including phenoxy) is 3. The van der Waals surface area contributed by atoms with Gasteiger partial charge in [0, 0.05) is 35.2 Å². The quantitative estimate of drug-likeness (QED) is 0.108. The summed E-state index contributed by atoms with van der Waals surface area (Å²) in [4.78, 5) is 37.0. The maximum Gasteiger partial charge on any atom is 0.336 e. The standard InChI is InChI=1S/C32H36N4O7/c1-20-12-7-8-15-25(20)26-19-27(35-34-26)42-16-9-5-6-10-17-43-32(38)29-22(3)33-21(2)28(31(37)41-4)30(29)23-13-11-14-24(18-23)36(39)40/h7-8,11-15,18-19,30,33H,5-6,9-10,16-17H2,1-4H3,(H,34,35). The van der Waals surface area contributed by atoms with E-state index < -0.39 is 22.8 Å². The van der Waals surface area contributed by atoms with Crippen LogP contribution >= 0.6 is 0 Å². The monoisotopic (exact) mass is 588 g/mol. The number of benzene rings is 2. The van der Waals surface area contributed by atoms with Gasteiger partial charge in [0.25, 0.3) is 5.69 Å². The molecule has 0 spiro atoms. The molecular weight excluding hydrogens is 552 g/mol. The number of carbonyl (C=O) groups is 2. The normalized spacial score (nSPS) is 14.7. The lowest BCUT2D eigenvalue weighted by Crippen LogP contribution is -2.32. The van der Waals surface area contributed by atoms with Crippen LogP contribution in [-0.2, 0) is 19.1 Å². The van der Waals surface area contributed by atoms with E-state index in [1.54, 1.807) is 19.9 Å². The molecule has 43 heavy (non-hydrogen) atoms. The van der Waals surface area contributed by atoms with Crippen LogP contribution in [0.25, 0.3) is 11.3 Å². The zero-order valence-electron chi connectivity index (χ0n) is 24.8. The molecule has 0 fully saturated rings. The predicted octanol–water partition coefficient (Wildman–Crippen LogP) is 5.88. The van der Waals surface area contributed by atoms with Gasteiger partial charge in [-0.25, -0.2) is 9.59 Å². The molecule has 0 radical (unpaired) electrons. The highest BCUT2D eigenvalue weighted by molar-refractivity contribution is 5.99. The minimum absolute atomic E-state index is 0.147. The van der Waals surface area contributed by atoms with Crippen LogP contribution in [0, 0.1) is 17.0 Å². The predicted molar refractivity (Wildman–Crippen MR) is 160 cm³/mol. The van der Waals surface area contributed by atoms with Gasteiger partial charge in [0.05, 0.1) is 48.0 Å². The molecule has 1 aliphatic heterocycles. The molecule has 226 valence electrons. The first kappa shape index (κ1) is 31.0. The van der Waals surface area contributed by atoms with E-state index in [0.29, 0.717) is 35.9 Å². The molecule has 0 saturated carbocycles. The number of H-pyrrole nitrogens is 1. The van der Waals surface area contributed by atoms with E-state index in [1.807, 2.05) is 37.3 Å². The highest BCUT2D eigenvalue weighted by atomic mass is 16.6. The number of nitro benzene ring substituents is 1. The molecule has 0 amide bonds. The Morgan fingerprint density at radius 2 is 1.60 bits per heavy atom. The van der Waals surface area contributed by atoms with E-state index >= 15 is 0 Å². The molecular formula is C32H36N4O7. The van der Waals surface area contributed by atoms with Crippen LogP contribution in [0.3, 0.4) is 0 Å². The van der Waals surface area contributed by atoms with Gasteiger partial charge in [-0.3, -0.25) is 15.2 Å². The number of nitrogens with zero attached hydrogens (tertiary/aromatic N) is 2. The summed E-state index contributed by atoms with van der Waals surface area (Å²) in [5.74, 6) is -1.57. The summed E-state index contributed by atoms with van der Waals surface area (Å²) in [6, 6.07) is 15.8. The van der Waals surface area contributed by atoms with E-state index in [9.17, 15) is 19.7 Å². The van der Waals surface area contributed by atoms with E-state index in [0.717, 1.165) is 36.1 Å². The van der Waals surface area contributed by atoms with Crippen molar-refractivity contribution in [3.8, 4) is 17.1 Å². The molecule has 4 rings (SSSR count). The van der Waals surface area contributed by atoms with Crippen LogP contribution < -0.4 is 10.1 Å². The molecule has 1 unspecified atom stereocenters. The number of aromatic nitrogens is 2. The molecule has 3 aromatic rings. The van der Waals surface area contributed by atoms with Crippen molar-refractivity contribution in [2.24, 2.45) is 0 Å². The maximum atomic E-state index is 13.3. The Morgan fingerprint density at radius 1 is 0.907 bits per heavy atom. The molecule has 1 aromatic heterocycles. The molecule has 1 aliphatic rings. The Morgan fingerprint density at radius 3 is 2.30 bits per heavy atom. The number of aryl methyl sites for hydroxylation is 1. The molecule has 2 N–H and O–H groups in total. The summed E-state index contributed by atoms with van der Waals surface area (Å²) in [5, 5.41) is 21.8. The Kier molecular flexibility index (Phi) is 10.3. The SMILES string of the molecule is COC(=O)C1=C(C)NC(C)=C(C(=O)OCCCCCCOc2cc(-c3ccccc3C)[nH]n2)C1c1cccc([N+](=O)[O-])c1. The number of rotatable bonds is 13. The summed E-state index contributed by atoms with van der Waals surface area (Å²) in [7, 11) is 1.25. The van der Waals surface area contributed by atoms with Crippen LogP contribution in [0.1, 0.15) is 56.6 Å². The average Bonchev–Trinajstić information content (AvgIpc) is 3.46. The number of aromatic amines is 1. The highest BCUT2D eigenvalue weighted by Gasteiger charge is 2.38. The van der Waals surface area contributed by atoms with Gasteiger partial charge in [-0.2, -0.15) is 0 Å². The first-order chi connectivity index (χ1) is 20.7.